The molecule has 1 atom stereocenters. The zero-order valence-electron chi connectivity index (χ0n) is 13.5. The van der Waals surface area contributed by atoms with Gasteiger partial charge in [-0.15, -0.1) is 0 Å². The second-order valence-electron chi connectivity index (χ2n) is 5.42. The zero-order chi connectivity index (χ0) is 16.8. The SMILES string of the molecule is C/C=C/C=C/C(=O)NC(c1ccccc1)c1cc2ccccc2o1. The molecule has 0 aliphatic heterocycles. The highest BCUT2D eigenvalue weighted by atomic mass is 16.3. The summed E-state index contributed by atoms with van der Waals surface area (Å²) in [6, 6.07) is 19.3. The van der Waals surface area contributed by atoms with Crippen molar-refractivity contribution in [1.82, 2.24) is 5.32 Å². The maximum atomic E-state index is 12.2. The van der Waals surface area contributed by atoms with Crippen molar-refractivity contribution >= 4 is 16.9 Å². The van der Waals surface area contributed by atoms with Crippen LogP contribution < -0.4 is 5.32 Å². The molecule has 0 bridgehead atoms. The van der Waals surface area contributed by atoms with Gasteiger partial charge in [0.15, 0.2) is 0 Å². The van der Waals surface area contributed by atoms with Crippen LogP contribution in [0, 0.1) is 0 Å². The maximum absolute atomic E-state index is 12.2. The number of rotatable bonds is 5. The van der Waals surface area contributed by atoms with E-state index in [9.17, 15) is 4.79 Å². The van der Waals surface area contributed by atoms with Gasteiger partial charge in [0.2, 0.25) is 5.91 Å². The molecule has 0 fully saturated rings. The Morgan fingerprint density at radius 1 is 1.04 bits per heavy atom. The van der Waals surface area contributed by atoms with Crippen molar-refractivity contribution in [3.63, 3.8) is 0 Å². The number of carbonyl (C=O) groups excluding carboxylic acids is 1. The van der Waals surface area contributed by atoms with E-state index in [0.717, 1.165) is 22.3 Å². The molecule has 3 aromatic rings. The molecule has 0 saturated carbocycles. The second kappa shape index (κ2) is 7.47. The standard InChI is InChI=1S/C21H19NO2/c1-2-3-5-14-20(23)22-21(16-10-6-4-7-11-16)19-15-17-12-8-9-13-18(17)24-19/h2-15,21H,1H3,(H,22,23)/b3-2+,14-5+. The van der Waals surface area contributed by atoms with Crippen LogP contribution >= 0.6 is 0 Å². The third-order valence-corrected chi connectivity index (χ3v) is 3.70. The van der Waals surface area contributed by atoms with Gasteiger partial charge in [0, 0.05) is 11.5 Å². The average molecular weight is 317 g/mol. The summed E-state index contributed by atoms with van der Waals surface area (Å²) in [4.78, 5) is 12.2. The van der Waals surface area contributed by atoms with Gasteiger partial charge in [-0.2, -0.15) is 0 Å². The van der Waals surface area contributed by atoms with E-state index in [0.29, 0.717) is 0 Å². The number of carbonyl (C=O) groups is 1. The average Bonchev–Trinajstić information content (AvgIpc) is 3.04. The number of furan rings is 1. The van der Waals surface area contributed by atoms with Gasteiger partial charge in [0.25, 0.3) is 0 Å². The molecule has 3 nitrogen and oxygen atoms in total. The first kappa shape index (κ1) is 15.8. The van der Waals surface area contributed by atoms with Crippen LogP contribution in [0.4, 0.5) is 0 Å². The Kier molecular flexibility index (Phi) is 4.92. The number of amides is 1. The topological polar surface area (TPSA) is 42.2 Å². The number of fused-ring (bicyclic) bond motifs is 1. The van der Waals surface area contributed by atoms with E-state index in [1.54, 1.807) is 6.08 Å². The summed E-state index contributed by atoms with van der Waals surface area (Å²) in [5.41, 5.74) is 1.79. The fourth-order valence-corrected chi connectivity index (χ4v) is 2.55. The quantitative estimate of drug-likeness (QED) is 0.544. The summed E-state index contributed by atoms with van der Waals surface area (Å²) in [5, 5.41) is 4.04. The lowest BCUT2D eigenvalue weighted by Gasteiger charge is -2.16. The number of nitrogens with one attached hydrogen (secondary N) is 1. The molecule has 0 aliphatic carbocycles. The van der Waals surface area contributed by atoms with Crippen LogP contribution in [-0.2, 0) is 4.79 Å². The minimum absolute atomic E-state index is 0.164. The fraction of sp³-hybridized carbons (Fsp3) is 0.0952. The largest absolute Gasteiger partial charge is 0.459 e. The van der Waals surface area contributed by atoms with Gasteiger partial charge in [-0.25, -0.2) is 0 Å². The fourth-order valence-electron chi connectivity index (χ4n) is 2.55. The molecule has 1 amide bonds. The summed E-state index contributed by atoms with van der Waals surface area (Å²) < 4.78 is 5.96. The Labute approximate surface area is 141 Å². The Hall–Kier alpha value is -3.07. The van der Waals surface area contributed by atoms with Crippen LogP contribution in [0.15, 0.2) is 89.4 Å². The maximum Gasteiger partial charge on any atom is 0.244 e. The molecule has 3 heteroatoms. The van der Waals surface area contributed by atoms with E-state index in [2.05, 4.69) is 5.32 Å². The Morgan fingerprint density at radius 2 is 1.79 bits per heavy atom. The van der Waals surface area contributed by atoms with Crippen molar-refractivity contribution in [3.8, 4) is 0 Å². The predicted molar refractivity (Wildman–Crippen MR) is 96.6 cm³/mol. The lowest BCUT2D eigenvalue weighted by Crippen LogP contribution is -2.27. The van der Waals surface area contributed by atoms with E-state index >= 15 is 0 Å². The third-order valence-electron chi connectivity index (χ3n) is 3.70. The van der Waals surface area contributed by atoms with Crippen molar-refractivity contribution in [2.75, 3.05) is 0 Å². The first-order valence-electron chi connectivity index (χ1n) is 7.91. The van der Waals surface area contributed by atoms with Crippen LogP contribution in [0.1, 0.15) is 24.3 Å². The highest BCUT2D eigenvalue weighted by Gasteiger charge is 2.19. The van der Waals surface area contributed by atoms with Crippen molar-refractivity contribution in [2.24, 2.45) is 0 Å². The summed E-state index contributed by atoms with van der Waals surface area (Å²) in [6.07, 6.45) is 6.92. The molecular weight excluding hydrogens is 298 g/mol. The second-order valence-corrected chi connectivity index (χ2v) is 5.42. The Morgan fingerprint density at radius 3 is 2.54 bits per heavy atom. The van der Waals surface area contributed by atoms with Crippen LogP contribution in [0.25, 0.3) is 11.0 Å². The van der Waals surface area contributed by atoms with Crippen molar-refractivity contribution < 1.29 is 9.21 Å². The van der Waals surface area contributed by atoms with E-state index < -0.39 is 0 Å². The van der Waals surface area contributed by atoms with Crippen LogP contribution in [0.3, 0.4) is 0 Å². The normalized spacial score (nSPS) is 12.9. The molecule has 0 spiro atoms. The van der Waals surface area contributed by atoms with Crippen LogP contribution in [-0.4, -0.2) is 5.91 Å². The predicted octanol–water partition coefficient (Wildman–Crippen LogP) is 4.77. The molecule has 1 heterocycles. The van der Waals surface area contributed by atoms with Gasteiger partial charge in [-0.05, 0) is 24.6 Å². The molecule has 120 valence electrons. The number of allylic oxidation sites excluding steroid dienone is 3. The molecule has 0 aliphatic rings. The minimum atomic E-state index is -0.332. The van der Waals surface area contributed by atoms with Crippen molar-refractivity contribution in [2.45, 2.75) is 13.0 Å². The number of benzene rings is 2. The lowest BCUT2D eigenvalue weighted by atomic mass is 10.0. The van der Waals surface area contributed by atoms with Gasteiger partial charge in [0.05, 0.1) is 0 Å². The number of hydrogen-bond acceptors (Lipinski definition) is 2. The van der Waals surface area contributed by atoms with E-state index in [4.69, 9.17) is 4.42 Å². The molecule has 24 heavy (non-hydrogen) atoms. The number of para-hydroxylation sites is 1. The number of hydrogen-bond donors (Lipinski definition) is 1. The summed E-state index contributed by atoms with van der Waals surface area (Å²) >= 11 is 0. The first-order valence-corrected chi connectivity index (χ1v) is 7.91. The zero-order valence-corrected chi connectivity index (χ0v) is 13.5. The Balaban J connectivity index is 1.94. The van der Waals surface area contributed by atoms with Gasteiger partial charge >= 0.3 is 0 Å². The van der Waals surface area contributed by atoms with Crippen molar-refractivity contribution in [1.29, 1.82) is 0 Å². The molecule has 1 unspecified atom stereocenters. The lowest BCUT2D eigenvalue weighted by molar-refractivity contribution is -0.117. The van der Waals surface area contributed by atoms with E-state index in [1.165, 1.54) is 6.08 Å². The van der Waals surface area contributed by atoms with Crippen LogP contribution in [0.5, 0.6) is 0 Å². The smallest absolute Gasteiger partial charge is 0.244 e. The van der Waals surface area contributed by atoms with Crippen molar-refractivity contribution in [3.05, 3.63) is 96.3 Å². The highest BCUT2D eigenvalue weighted by Crippen LogP contribution is 2.28. The van der Waals surface area contributed by atoms with Gasteiger partial charge in [0.1, 0.15) is 17.4 Å². The van der Waals surface area contributed by atoms with Gasteiger partial charge in [-0.3, -0.25) is 4.79 Å². The summed E-state index contributed by atoms with van der Waals surface area (Å²) in [6.45, 7) is 1.91. The molecule has 0 saturated heterocycles. The van der Waals surface area contributed by atoms with Gasteiger partial charge < -0.3 is 9.73 Å². The molecule has 1 N–H and O–H groups in total. The van der Waals surface area contributed by atoms with E-state index in [1.807, 2.05) is 79.7 Å². The molecule has 0 radical (unpaired) electrons. The molecule has 3 rings (SSSR count). The first-order chi connectivity index (χ1) is 11.8. The highest BCUT2D eigenvalue weighted by molar-refractivity contribution is 5.88. The molecule has 1 aromatic heterocycles. The van der Waals surface area contributed by atoms with E-state index in [-0.39, 0.29) is 11.9 Å². The monoisotopic (exact) mass is 317 g/mol. The molecule has 2 aromatic carbocycles. The van der Waals surface area contributed by atoms with Crippen LogP contribution in [0.2, 0.25) is 0 Å². The third kappa shape index (κ3) is 3.63. The minimum Gasteiger partial charge on any atom is -0.459 e. The summed E-state index contributed by atoms with van der Waals surface area (Å²) in [5.74, 6) is 0.553. The Bertz CT molecular complexity index is 842. The van der Waals surface area contributed by atoms with Gasteiger partial charge in [-0.1, -0.05) is 66.8 Å². The molecular formula is C21H19NO2. The summed E-state index contributed by atoms with van der Waals surface area (Å²) in [7, 11) is 0.